The summed E-state index contributed by atoms with van der Waals surface area (Å²) in [5.74, 6) is -0.384. The van der Waals surface area contributed by atoms with Gasteiger partial charge in [0.05, 0.1) is 5.56 Å². The van der Waals surface area contributed by atoms with E-state index in [0.29, 0.717) is 11.1 Å². The van der Waals surface area contributed by atoms with E-state index in [1.54, 1.807) is 6.07 Å². The molecule has 0 radical (unpaired) electrons. The van der Waals surface area contributed by atoms with Crippen molar-refractivity contribution in [3.8, 4) is 16.9 Å². The van der Waals surface area contributed by atoms with Gasteiger partial charge in [0.2, 0.25) is 0 Å². The molecule has 1 N–H and O–H groups in total. The highest BCUT2D eigenvalue weighted by atomic mass is 19.4. The van der Waals surface area contributed by atoms with Gasteiger partial charge in [0.1, 0.15) is 5.75 Å². The molecule has 2 rings (SSSR count). The van der Waals surface area contributed by atoms with E-state index < -0.39 is 11.7 Å². The summed E-state index contributed by atoms with van der Waals surface area (Å²) in [5.41, 5.74) is 2.12. The van der Waals surface area contributed by atoms with Crippen LogP contribution in [-0.2, 0) is 6.18 Å². The predicted octanol–water partition coefficient (Wildman–Crippen LogP) is 4.69. The summed E-state index contributed by atoms with van der Waals surface area (Å²) in [7, 11) is 0. The molecule has 2 aromatic rings. The molecule has 1 nitrogen and oxygen atoms in total. The summed E-state index contributed by atoms with van der Waals surface area (Å²) in [6.45, 7) is 3.75. The van der Waals surface area contributed by atoms with Crippen LogP contribution in [0.4, 0.5) is 13.2 Å². The van der Waals surface area contributed by atoms with Gasteiger partial charge in [0.15, 0.2) is 0 Å². The van der Waals surface area contributed by atoms with E-state index in [1.807, 2.05) is 26.0 Å². The lowest BCUT2D eigenvalue weighted by molar-refractivity contribution is -0.137. The second kappa shape index (κ2) is 4.61. The highest BCUT2D eigenvalue weighted by Gasteiger charge is 2.31. The van der Waals surface area contributed by atoms with E-state index in [-0.39, 0.29) is 5.75 Å². The lowest BCUT2D eigenvalue weighted by Crippen LogP contribution is -2.04. The average molecular weight is 266 g/mol. The number of benzene rings is 2. The van der Waals surface area contributed by atoms with Crippen molar-refractivity contribution in [2.75, 3.05) is 0 Å². The van der Waals surface area contributed by atoms with Crippen LogP contribution < -0.4 is 0 Å². The van der Waals surface area contributed by atoms with Crippen LogP contribution in [-0.4, -0.2) is 5.11 Å². The average Bonchev–Trinajstić information content (AvgIpc) is 2.26. The van der Waals surface area contributed by atoms with Gasteiger partial charge in [0.25, 0.3) is 0 Å². The van der Waals surface area contributed by atoms with Crippen LogP contribution in [0.15, 0.2) is 36.4 Å². The zero-order valence-electron chi connectivity index (χ0n) is 10.5. The molecule has 2 aromatic carbocycles. The van der Waals surface area contributed by atoms with Gasteiger partial charge < -0.3 is 5.11 Å². The molecule has 0 bridgehead atoms. The smallest absolute Gasteiger partial charge is 0.416 e. The molecule has 0 spiro atoms. The lowest BCUT2D eigenvalue weighted by atomic mass is 9.97. The Balaban J connectivity index is 2.59. The van der Waals surface area contributed by atoms with Crippen LogP contribution >= 0.6 is 0 Å². The highest BCUT2D eigenvalue weighted by molar-refractivity contribution is 5.69. The van der Waals surface area contributed by atoms with E-state index in [1.165, 1.54) is 6.07 Å². The topological polar surface area (TPSA) is 20.2 Å². The molecule has 0 aliphatic heterocycles. The van der Waals surface area contributed by atoms with Crippen molar-refractivity contribution in [3.63, 3.8) is 0 Å². The normalized spacial score (nSPS) is 11.6. The maximum atomic E-state index is 12.7. The Morgan fingerprint density at radius 2 is 1.63 bits per heavy atom. The van der Waals surface area contributed by atoms with E-state index in [9.17, 15) is 18.3 Å². The van der Waals surface area contributed by atoms with Crippen LogP contribution in [0.3, 0.4) is 0 Å². The molecule has 0 saturated heterocycles. The molecule has 0 fully saturated rings. The number of phenols is 1. The molecule has 0 aliphatic carbocycles. The number of phenolic OH excluding ortho intramolecular Hbond substituents is 1. The van der Waals surface area contributed by atoms with E-state index >= 15 is 0 Å². The van der Waals surface area contributed by atoms with Crippen molar-refractivity contribution in [3.05, 3.63) is 53.1 Å². The molecule has 0 atom stereocenters. The minimum Gasteiger partial charge on any atom is -0.508 e. The van der Waals surface area contributed by atoms with Crippen LogP contribution in [0.25, 0.3) is 11.1 Å². The maximum Gasteiger partial charge on any atom is 0.416 e. The van der Waals surface area contributed by atoms with E-state index in [4.69, 9.17) is 0 Å². The number of aryl methyl sites for hydroxylation is 2. The Hall–Kier alpha value is -1.97. The fraction of sp³-hybridized carbons (Fsp3) is 0.200. The highest BCUT2D eigenvalue weighted by Crippen LogP contribution is 2.36. The molecule has 100 valence electrons. The van der Waals surface area contributed by atoms with Crippen molar-refractivity contribution in [2.24, 2.45) is 0 Å². The van der Waals surface area contributed by atoms with Gasteiger partial charge in [-0.05, 0) is 48.7 Å². The predicted molar refractivity (Wildman–Crippen MR) is 68.0 cm³/mol. The van der Waals surface area contributed by atoms with Gasteiger partial charge in [-0.3, -0.25) is 0 Å². The minimum absolute atomic E-state index is 0.366. The number of aromatic hydroxyl groups is 1. The first-order valence-electron chi connectivity index (χ1n) is 5.76. The number of halogens is 3. The fourth-order valence-corrected chi connectivity index (χ4v) is 2.07. The van der Waals surface area contributed by atoms with Crippen molar-refractivity contribution < 1.29 is 18.3 Å². The number of alkyl halides is 3. The van der Waals surface area contributed by atoms with Gasteiger partial charge in [-0.1, -0.05) is 23.8 Å². The zero-order valence-corrected chi connectivity index (χ0v) is 10.5. The standard InChI is InChI=1S/C15H13F3O/c1-9-3-4-14(10(2)5-9)11-6-12(15(16,17)18)8-13(19)7-11/h3-8,19H,1-2H3. The zero-order chi connectivity index (χ0) is 14.2. The Kier molecular flexibility index (Phi) is 3.27. The van der Waals surface area contributed by atoms with Gasteiger partial charge in [-0.25, -0.2) is 0 Å². The van der Waals surface area contributed by atoms with E-state index in [0.717, 1.165) is 23.3 Å². The molecular weight excluding hydrogens is 253 g/mol. The molecule has 0 aromatic heterocycles. The Labute approximate surface area is 109 Å². The Morgan fingerprint density at radius 1 is 0.947 bits per heavy atom. The summed E-state index contributed by atoms with van der Waals surface area (Å²) in [5, 5.41) is 9.46. The second-order valence-electron chi connectivity index (χ2n) is 4.58. The molecule has 4 heteroatoms. The summed E-state index contributed by atoms with van der Waals surface area (Å²) < 4.78 is 38.2. The second-order valence-corrected chi connectivity index (χ2v) is 4.58. The van der Waals surface area contributed by atoms with Gasteiger partial charge >= 0.3 is 6.18 Å². The SMILES string of the molecule is Cc1ccc(-c2cc(O)cc(C(F)(F)F)c2)c(C)c1. The van der Waals surface area contributed by atoms with E-state index in [2.05, 4.69) is 0 Å². The molecule has 0 heterocycles. The largest absolute Gasteiger partial charge is 0.508 e. The maximum absolute atomic E-state index is 12.7. The molecule has 0 unspecified atom stereocenters. The molecule has 0 aliphatic rings. The van der Waals surface area contributed by atoms with Crippen molar-refractivity contribution in [1.29, 1.82) is 0 Å². The quantitative estimate of drug-likeness (QED) is 0.793. The number of hydrogen-bond donors (Lipinski definition) is 1. The monoisotopic (exact) mass is 266 g/mol. The molecule has 0 amide bonds. The lowest BCUT2D eigenvalue weighted by Gasteiger charge is -2.12. The summed E-state index contributed by atoms with van der Waals surface area (Å²) in [4.78, 5) is 0. The third kappa shape index (κ3) is 2.89. The molecular formula is C15H13F3O. The Bertz CT molecular complexity index is 615. The van der Waals surface area contributed by atoms with Crippen molar-refractivity contribution >= 4 is 0 Å². The van der Waals surface area contributed by atoms with Gasteiger partial charge in [-0.15, -0.1) is 0 Å². The summed E-state index contributed by atoms with van der Waals surface area (Å²) >= 11 is 0. The third-order valence-corrected chi connectivity index (χ3v) is 2.94. The molecule has 0 saturated carbocycles. The summed E-state index contributed by atoms with van der Waals surface area (Å²) in [6.07, 6.45) is -4.47. The van der Waals surface area contributed by atoms with Crippen LogP contribution in [0, 0.1) is 13.8 Å². The first-order valence-corrected chi connectivity index (χ1v) is 5.76. The van der Waals surface area contributed by atoms with Crippen LogP contribution in [0.1, 0.15) is 16.7 Å². The van der Waals surface area contributed by atoms with Crippen LogP contribution in [0.5, 0.6) is 5.75 Å². The third-order valence-electron chi connectivity index (χ3n) is 2.94. The fourth-order valence-electron chi connectivity index (χ4n) is 2.07. The first-order chi connectivity index (χ1) is 8.77. The minimum atomic E-state index is -4.47. The van der Waals surface area contributed by atoms with Gasteiger partial charge in [-0.2, -0.15) is 13.2 Å². The first kappa shape index (κ1) is 13.5. The van der Waals surface area contributed by atoms with Crippen molar-refractivity contribution in [2.45, 2.75) is 20.0 Å². The molecule has 19 heavy (non-hydrogen) atoms. The Morgan fingerprint density at radius 3 is 2.21 bits per heavy atom. The number of rotatable bonds is 1. The summed E-state index contributed by atoms with van der Waals surface area (Å²) in [6, 6.07) is 8.61. The van der Waals surface area contributed by atoms with Crippen molar-refractivity contribution in [1.82, 2.24) is 0 Å². The van der Waals surface area contributed by atoms with Gasteiger partial charge in [0, 0.05) is 0 Å². The van der Waals surface area contributed by atoms with Crippen LogP contribution in [0.2, 0.25) is 0 Å². The number of hydrogen-bond acceptors (Lipinski definition) is 1.